The zero-order valence-electron chi connectivity index (χ0n) is 17.0. The topological polar surface area (TPSA) is 297 Å². The number of ether oxygens (including phenoxy) is 3. The Morgan fingerprint density at radius 1 is 0.914 bits per heavy atom. The first-order valence-corrected chi connectivity index (χ1v) is 14.1. The molecule has 6 N–H and O–H groups in total. The van der Waals surface area contributed by atoms with E-state index in [9.17, 15) is 34.6 Å². The van der Waals surface area contributed by atoms with Gasteiger partial charge in [-0.25, -0.2) is 12.5 Å². The Morgan fingerprint density at radius 2 is 1.49 bits per heavy atom. The van der Waals surface area contributed by atoms with Gasteiger partial charge in [-0.15, -0.1) is 0 Å². The van der Waals surface area contributed by atoms with Gasteiger partial charge in [0.1, 0.15) is 30.5 Å². The van der Waals surface area contributed by atoms with Crippen LogP contribution in [-0.4, -0.2) is 115 Å². The lowest BCUT2D eigenvalue weighted by Crippen LogP contribution is -2.61. The van der Waals surface area contributed by atoms with Gasteiger partial charge in [0, 0.05) is 6.42 Å². The summed E-state index contributed by atoms with van der Waals surface area (Å²) in [5.74, 6) is 0. The molecule has 0 aromatic heterocycles. The van der Waals surface area contributed by atoms with E-state index in [0.29, 0.717) is 0 Å². The number of nitrogens with one attached hydrogen (secondary N) is 1. The third-order valence-corrected chi connectivity index (χ3v) is 5.95. The van der Waals surface area contributed by atoms with Crippen LogP contribution in [0.5, 0.6) is 0 Å². The maximum absolute atomic E-state index is 11.3. The van der Waals surface area contributed by atoms with Gasteiger partial charge >= 0.3 is 42.6 Å². The van der Waals surface area contributed by atoms with Gasteiger partial charge in [0.2, 0.25) is 0 Å². The quantitative estimate of drug-likeness (QED) is 0.0709. The summed E-state index contributed by atoms with van der Waals surface area (Å²) in [5, 5.41) is 10.3. The van der Waals surface area contributed by atoms with Crippen LogP contribution < -0.4 is 5.48 Å². The minimum absolute atomic E-state index is 0.456. The molecule has 0 saturated carbocycles. The molecule has 0 radical (unpaired) electrons. The van der Waals surface area contributed by atoms with Crippen LogP contribution in [0, 0.1) is 0 Å². The summed E-state index contributed by atoms with van der Waals surface area (Å²) >= 11 is -2.99. The van der Waals surface area contributed by atoms with E-state index in [1.807, 2.05) is 5.48 Å². The molecular formula is C11H21NO19S4. The molecule has 0 aromatic carbocycles. The number of aliphatic hydroxyl groups is 1. The average molecular weight is 600 g/mol. The Bertz CT molecular complexity index is 1040. The molecule has 2 aliphatic rings. The molecular weight excluding hydrogens is 578 g/mol. The van der Waals surface area contributed by atoms with Crippen LogP contribution in [0.2, 0.25) is 0 Å². The summed E-state index contributed by atoms with van der Waals surface area (Å²) in [7, 11) is -15.2. The fourth-order valence-corrected chi connectivity index (χ4v) is 4.56. The maximum Gasteiger partial charge on any atom is 0.397 e. The van der Waals surface area contributed by atoms with Gasteiger partial charge in [-0.05, 0) is 0 Å². The highest BCUT2D eigenvalue weighted by Gasteiger charge is 2.47. The lowest BCUT2D eigenvalue weighted by atomic mass is 10.0. The molecule has 20 nitrogen and oxygen atoms in total. The van der Waals surface area contributed by atoms with Crippen molar-refractivity contribution in [1.29, 1.82) is 0 Å². The Labute approximate surface area is 201 Å². The van der Waals surface area contributed by atoms with Gasteiger partial charge in [-0.3, -0.25) is 18.2 Å². The third-order valence-electron chi connectivity index (χ3n) is 4.30. The van der Waals surface area contributed by atoms with Crippen LogP contribution in [-0.2, 0) is 73.6 Å². The van der Waals surface area contributed by atoms with E-state index < -0.39 is 112 Å². The molecule has 0 bridgehead atoms. The number of hydroxylamine groups is 1. The van der Waals surface area contributed by atoms with E-state index >= 15 is 0 Å². The predicted octanol–water partition coefficient (Wildman–Crippen LogP) is -3.90. The third kappa shape index (κ3) is 11.2. The fourth-order valence-electron chi connectivity index (χ4n) is 3.05. The highest BCUT2D eigenvalue weighted by atomic mass is 32.3. The lowest BCUT2D eigenvalue weighted by molar-refractivity contribution is -0.286. The highest BCUT2D eigenvalue weighted by Crippen LogP contribution is 2.28. The van der Waals surface area contributed by atoms with E-state index in [1.165, 1.54) is 0 Å². The molecule has 2 heterocycles. The van der Waals surface area contributed by atoms with Crippen LogP contribution in [0.15, 0.2) is 0 Å². The van der Waals surface area contributed by atoms with Gasteiger partial charge in [0.25, 0.3) is 0 Å². The second-order valence-corrected chi connectivity index (χ2v) is 10.6. The van der Waals surface area contributed by atoms with Gasteiger partial charge < -0.3 is 19.3 Å². The van der Waals surface area contributed by atoms with Crippen molar-refractivity contribution >= 4 is 42.6 Å². The number of rotatable bonds is 12. The molecule has 35 heavy (non-hydrogen) atoms. The number of hydrogen-bond donors (Lipinski definition) is 6. The van der Waals surface area contributed by atoms with Gasteiger partial charge in [-0.2, -0.15) is 39.2 Å². The Kier molecular flexibility index (Phi) is 10.8. The van der Waals surface area contributed by atoms with Crippen LogP contribution in [0.25, 0.3) is 0 Å². The molecule has 2 fully saturated rings. The normalized spacial score (nSPS) is 33.9. The van der Waals surface area contributed by atoms with E-state index in [1.54, 1.807) is 0 Å². The first kappa shape index (κ1) is 30.7. The molecule has 2 saturated heterocycles. The van der Waals surface area contributed by atoms with Crippen molar-refractivity contribution in [3.63, 3.8) is 0 Å². The summed E-state index contributed by atoms with van der Waals surface area (Å²) in [5.41, 5.74) is 1.89. The lowest BCUT2D eigenvalue weighted by Gasteiger charge is -2.43. The van der Waals surface area contributed by atoms with Crippen molar-refractivity contribution in [3.05, 3.63) is 0 Å². The summed E-state index contributed by atoms with van der Waals surface area (Å²) in [6.45, 7) is -1.91. The van der Waals surface area contributed by atoms with Crippen LogP contribution in [0.4, 0.5) is 0 Å². The fraction of sp³-hybridized carbons (Fsp3) is 1.00. The number of aliphatic hydroxyl groups excluding tert-OH is 1. The van der Waals surface area contributed by atoms with Gasteiger partial charge in [-0.1, -0.05) is 0 Å². The zero-order valence-corrected chi connectivity index (χ0v) is 20.2. The molecule has 0 spiro atoms. The monoisotopic (exact) mass is 599 g/mol. The molecule has 2 rings (SSSR count). The molecule has 8 atom stereocenters. The van der Waals surface area contributed by atoms with Crippen molar-refractivity contribution in [3.8, 4) is 0 Å². The Morgan fingerprint density at radius 3 is 2.03 bits per heavy atom. The van der Waals surface area contributed by atoms with Crippen molar-refractivity contribution in [2.75, 3.05) is 19.8 Å². The summed E-state index contributed by atoms with van der Waals surface area (Å²) in [6, 6.07) is -1.70. The second kappa shape index (κ2) is 12.3. The second-order valence-electron chi connectivity index (χ2n) is 6.85. The van der Waals surface area contributed by atoms with Gasteiger partial charge in [0.15, 0.2) is 6.29 Å². The molecule has 2 aliphatic heterocycles. The maximum atomic E-state index is 11.3. The average Bonchev–Trinajstić information content (AvgIpc) is 2.66. The minimum atomic E-state index is -5.20. The van der Waals surface area contributed by atoms with Crippen molar-refractivity contribution in [2.45, 2.75) is 49.3 Å². The van der Waals surface area contributed by atoms with E-state index in [0.717, 1.165) is 0 Å². The highest BCUT2D eigenvalue weighted by molar-refractivity contribution is 7.81. The molecule has 208 valence electrons. The van der Waals surface area contributed by atoms with E-state index in [4.69, 9.17) is 32.4 Å². The molecule has 0 aliphatic carbocycles. The Hall–Kier alpha value is -0.520. The molecule has 24 heteroatoms. The van der Waals surface area contributed by atoms with Crippen LogP contribution >= 0.6 is 0 Å². The smallest absolute Gasteiger partial charge is 0.387 e. The van der Waals surface area contributed by atoms with Crippen LogP contribution in [0.1, 0.15) is 6.42 Å². The SMILES string of the molecule is O=S(O)ONC1[C@H](O[C@H]2COCC(OS(=O)(=O)O)[C@H]2O)OC(COS(=O)(=O)O)C[C@@H]1OS(=O)(=O)O. The zero-order chi connectivity index (χ0) is 26.6. The van der Waals surface area contributed by atoms with E-state index in [2.05, 4.69) is 16.8 Å². The molecule has 4 unspecified atom stereocenters. The summed E-state index contributed by atoms with van der Waals surface area (Å²) in [4.78, 5) is 0. The van der Waals surface area contributed by atoms with Crippen molar-refractivity contribution in [1.82, 2.24) is 5.48 Å². The molecule has 0 amide bonds. The predicted molar refractivity (Wildman–Crippen MR) is 104 cm³/mol. The van der Waals surface area contributed by atoms with Crippen molar-refractivity contribution in [2.24, 2.45) is 0 Å². The van der Waals surface area contributed by atoms with Gasteiger partial charge in [0.05, 0.1) is 25.9 Å². The van der Waals surface area contributed by atoms with Crippen LogP contribution in [0.3, 0.4) is 0 Å². The molecule has 0 aromatic rings. The van der Waals surface area contributed by atoms with E-state index in [-0.39, 0.29) is 0 Å². The number of hydrogen-bond acceptors (Lipinski definition) is 16. The minimum Gasteiger partial charge on any atom is -0.387 e. The van der Waals surface area contributed by atoms with Crippen molar-refractivity contribution < 1.29 is 83.8 Å². The summed E-state index contributed by atoms with van der Waals surface area (Å²) < 4.78 is 146. The largest absolute Gasteiger partial charge is 0.397 e. The Balaban J connectivity index is 2.30. The summed E-state index contributed by atoms with van der Waals surface area (Å²) in [6.07, 6.45) is -10.7. The first-order valence-electron chi connectivity index (χ1n) is 8.97. The first-order chi connectivity index (χ1) is 15.9. The standard InChI is InChI=1S/C11H21NO19S4/c13-10-7(3-25-4-8(10)30-35(22,23)24)28-11-9(12-31-32(14)15)6(29-34(19,20)21)1-5(27-11)2-26-33(16,17)18/h5-13H,1-4H2,(H,14,15)(H,16,17,18)(H,19,20,21)(H,22,23,24)/t5?,6-,7-,8?,9?,10-,11-/m0/s1.